The minimum absolute atomic E-state index is 0.0220. The Morgan fingerprint density at radius 3 is 3.08 bits per heavy atom. The summed E-state index contributed by atoms with van der Waals surface area (Å²) >= 11 is 1.80. The molecule has 2 aromatic heterocycles. The van der Waals surface area contributed by atoms with Crippen molar-refractivity contribution in [3.63, 3.8) is 0 Å². The number of thiophene rings is 1. The fraction of sp³-hybridized carbons (Fsp3) is 0.611. The quantitative estimate of drug-likeness (QED) is 0.809. The molecule has 1 spiro atoms. The number of aromatic nitrogens is 2. The summed E-state index contributed by atoms with van der Waals surface area (Å²) in [7, 11) is 0. The summed E-state index contributed by atoms with van der Waals surface area (Å²) in [6.07, 6.45) is 1.22. The van der Waals surface area contributed by atoms with E-state index in [1.807, 2.05) is 4.90 Å². The summed E-state index contributed by atoms with van der Waals surface area (Å²) in [5, 5.41) is 5.88. The van der Waals surface area contributed by atoms with E-state index in [1.54, 1.807) is 18.3 Å². The van der Waals surface area contributed by atoms with E-state index in [9.17, 15) is 4.79 Å². The average molecular weight is 376 g/mol. The Labute approximate surface area is 156 Å². The van der Waals surface area contributed by atoms with Crippen molar-refractivity contribution in [1.82, 2.24) is 19.9 Å². The second kappa shape index (κ2) is 7.46. The molecule has 26 heavy (non-hydrogen) atoms. The van der Waals surface area contributed by atoms with Gasteiger partial charge in [0.2, 0.25) is 11.8 Å². The summed E-state index contributed by atoms with van der Waals surface area (Å²) in [5.74, 6) is 0.983. The third-order valence-corrected chi connectivity index (χ3v) is 6.00. The van der Waals surface area contributed by atoms with Gasteiger partial charge in [-0.25, -0.2) is 0 Å². The van der Waals surface area contributed by atoms with Gasteiger partial charge in [-0.2, -0.15) is 4.98 Å². The lowest BCUT2D eigenvalue weighted by Crippen LogP contribution is -2.43. The lowest BCUT2D eigenvalue weighted by atomic mass is 9.87. The molecule has 1 amide bonds. The first-order chi connectivity index (χ1) is 12.6. The van der Waals surface area contributed by atoms with Crippen LogP contribution >= 0.6 is 11.3 Å². The molecule has 8 heteroatoms. The second-order valence-corrected chi connectivity index (χ2v) is 8.35. The fourth-order valence-corrected chi connectivity index (χ4v) is 4.64. The third kappa shape index (κ3) is 3.97. The third-order valence-electron chi connectivity index (χ3n) is 5.14. The maximum Gasteiger partial charge on any atom is 0.236 e. The van der Waals surface area contributed by atoms with Crippen LogP contribution in [0.3, 0.4) is 0 Å². The number of hydrogen-bond donors (Lipinski definition) is 0. The molecule has 1 atom stereocenters. The van der Waals surface area contributed by atoms with E-state index in [0.29, 0.717) is 24.9 Å². The smallest absolute Gasteiger partial charge is 0.236 e. The van der Waals surface area contributed by atoms with Gasteiger partial charge in [0, 0.05) is 36.5 Å². The van der Waals surface area contributed by atoms with Crippen LogP contribution < -0.4 is 0 Å². The Bertz CT molecular complexity index is 747. The Kier molecular flexibility index (Phi) is 5.06. The van der Waals surface area contributed by atoms with Crippen molar-refractivity contribution in [3.05, 3.63) is 34.1 Å². The summed E-state index contributed by atoms with van der Waals surface area (Å²) in [6.45, 7) is 7.42. The highest BCUT2D eigenvalue weighted by Gasteiger charge is 2.42. The number of carbonyl (C=O) groups is 1. The predicted octanol–water partition coefficient (Wildman–Crippen LogP) is 1.73. The van der Waals surface area contributed by atoms with Gasteiger partial charge in [-0.15, -0.1) is 11.3 Å². The lowest BCUT2D eigenvalue weighted by molar-refractivity contribution is -0.131. The van der Waals surface area contributed by atoms with Crippen molar-refractivity contribution in [2.45, 2.75) is 26.3 Å². The maximum absolute atomic E-state index is 12.7. The summed E-state index contributed by atoms with van der Waals surface area (Å²) in [4.78, 5) is 22.7. The normalized spacial score (nSPS) is 24.3. The van der Waals surface area contributed by atoms with Gasteiger partial charge in [-0.3, -0.25) is 9.69 Å². The van der Waals surface area contributed by atoms with Crippen molar-refractivity contribution in [1.29, 1.82) is 0 Å². The van der Waals surface area contributed by atoms with Crippen LogP contribution in [0.1, 0.15) is 23.0 Å². The van der Waals surface area contributed by atoms with Gasteiger partial charge in [0.15, 0.2) is 5.82 Å². The predicted molar refractivity (Wildman–Crippen MR) is 96.8 cm³/mol. The molecule has 2 saturated heterocycles. The molecular formula is C18H24N4O3S. The van der Waals surface area contributed by atoms with Gasteiger partial charge in [-0.1, -0.05) is 11.2 Å². The van der Waals surface area contributed by atoms with Crippen LogP contribution in [0.25, 0.3) is 0 Å². The number of likely N-dealkylation sites (tertiary alicyclic amines) is 1. The Morgan fingerprint density at radius 2 is 2.31 bits per heavy atom. The zero-order valence-corrected chi connectivity index (χ0v) is 15.8. The van der Waals surface area contributed by atoms with Crippen LogP contribution in [-0.4, -0.2) is 65.2 Å². The summed E-state index contributed by atoms with van der Waals surface area (Å²) in [6, 6.07) is 4.28. The molecule has 0 aromatic carbocycles. The van der Waals surface area contributed by atoms with Crippen molar-refractivity contribution in [3.8, 4) is 0 Å². The first-order valence-electron chi connectivity index (χ1n) is 9.01. The molecule has 2 aliphatic heterocycles. The fourth-order valence-electron chi connectivity index (χ4n) is 3.89. The van der Waals surface area contributed by atoms with Crippen LogP contribution in [0.15, 0.2) is 22.0 Å². The van der Waals surface area contributed by atoms with Gasteiger partial charge < -0.3 is 14.2 Å². The van der Waals surface area contributed by atoms with Crippen LogP contribution in [0.5, 0.6) is 0 Å². The molecule has 4 heterocycles. The number of carbonyl (C=O) groups excluding carboxylic acids is 1. The first-order valence-corrected chi connectivity index (χ1v) is 9.89. The van der Waals surface area contributed by atoms with E-state index >= 15 is 0 Å². The van der Waals surface area contributed by atoms with Crippen LogP contribution in [0.2, 0.25) is 0 Å². The molecule has 0 N–H and O–H groups in total. The zero-order chi connectivity index (χ0) is 18.0. The number of amides is 1. The number of nitrogens with zero attached hydrogens (tertiary/aromatic N) is 4. The minimum atomic E-state index is 0.0220. The van der Waals surface area contributed by atoms with Crippen LogP contribution in [0.4, 0.5) is 0 Å². The van der Waals surface area contributed by atoms with E-state index in [4.69, 9.17) is 9.26 Å². The topological polar surface area (TPSA) is 71.7 Å². The molecule has 2 aliphatic rings. The minimum Gasteiger partial charge on any atom is -0.379 e. The number of hydrogen-bond acceptors (Lipinski definition) is 7. The molecule has 0 saturated carbocycles. The monoisotopic (exact) mass is 376 g/mol. The number of ether oxygens (including phenoxy) is 1. The first kappa shape index (κ1) is 17.6. The molecule has 140 valence electrons. The van der Waals surface area contributed by atoms with Gasteiger partial charge in [-0.05, 0) is 31.3 Å². The van der Waals surface area contributed by atoms with Crippen LogP contribution in [-0.2, 0) is 22.5 Å². The largest absolute Gasteiger partial charge is 0.379 e. The SMILES string of the molecule is Cc1noc(CC(=O)N2CCOC[C@]3(CCN(Cc4cccs4)C3)C2)n1. The molecule has 0 aliphatic carbocycles. The van der Waals surface area contributed by atoms with E-state index < -0.39 is 0 Å². The summed E-state index contributed by atoms with van der Waals surface area (Å²) in [5.41, 5.74) is 0.0220. The second-order valence-electron chi connectivity index (χ2n) is 7.32. The van der Waals surface area contributed by atoms with Crippen molar-refractivity contribution in [2.75, 3.05) is 39.4 Å². The van der Waals surface area contributed by atoms with Crippen molar-refractivity contribution >= 4 is 17.2 Å². The Morgan fingerprint density at radius 1 is 1.38 bits per heavy atom. The van der Waals surface area contributed by atoms with Crippen molar-refractivity contribution < 1.29 is 14.1 Å². The Hall–Kier alpha value is -1.77. The van der Waals surface area contributed by atoms with Crippen LogP contribution in [0, 0.1) is 12.3 Å². The summed E-state index contributed by atoms with van der Waals surface area (Å²) < 4.78 is 11.0. The van der Waals surface area contributed by atoms with Gasteiger partial charge in [0.05, 0.1) is 13.2 Å². The molecule has 0 radical (unpaired) electrons. The number of rotatable bonds is 4. The Balaban J connectivity index is 1.40. The van der Waals surface area contributed by atoms with Gasteiger partial charge in [0.1, 0.15) is 6.42 Å². The molecular weight excluding hydrogens is 352 g/mol. The molecule has 4 rings (SSSR count). The molecule has 0 unspecified atom stereocenters. The van der Waals surface area contributed by atoms with E-state index in [1.165, 1.54) is 4.88 Å². The maximum atomic E-state index is 12.7. The highest BCUT2D eigenvalue weighted by molar-refractivity contribution is 7.09. The highest BCUT2D eigenvalue weighted by Crippen LogP contribution is 2.34. The number of aryl methyl sites for hydroxylation is 1. The zero-order valence-electron chi connectivity index (χ0n) is 15.0. The molecule has 2 fully saturated rings. The van der Waals surface area contributed by atoms with Gasteiger partial charge >= 0.3 is 0 Å². The molecule has 2 aromatic rings. The average Bonchev–Trinajstić information content (AvgIpc) is 3.31. The standard InChI is InChI=1S/C18H24N4O3S/c1-14-19-16(25-20-14)9-17(23)22-6-7-24-13-18(12-22)4-5-21(11-18)10-15-3-2-8-26-15/h2-3,8H,4-7,9-13H2,1H3/t18-/m0/s1. The lowest BCUT2D eigenvalue weighted by Gasteiger charge is -2.31. The van der Waals surface area contributed by atoms with E-state index in [-0.39, 0.29) is 17.7 Å². The highest BCUT2D eigenvalue weighted by atomic mass is 32.1. The van der Waals surface area contributed by atoms with E-state index in [2.05, 4.69) is 32.6 Å². The van der Waals surface area contributed by atoms with Gasteiger partial charge in [0.25, 0.3) is 0 Å². The molecule has 0 bridgehead atoms. The van der Waals surface area contributed by atoms with E-state index in [0.717, 1.165) is 39.2 Å². The van der Waals surface area contributed by atoms with Crippen molar-refractivity contribution in [2.24, 2.45) is 5.41 Å². The molecule has 7 nitrogen and oxygen atoms in total.